The molecular formula is C23H26ClF3N4O3. The topological polar surface area (TPSA) is 76.6 Å². The van der Waals surface area contributed by atoms with Crippen LogP contribution in [0.2, 0.25) is 5.02 Å². The Hall–Kier alpha value is -2.43. The van der Waals surface area contributed by atoms with Crippen molar-refractivity contribution >= 4 is 17.6 Å². The van der Waals surface area contributed by atoms with Crippen molar-refractivity contribution in [2.24, 2.45) is 5.92 Å². The third kappa shape index (κ3) is 5.61. The van der Waals surface area contributed by atoms with Crippen LogP contribution in [0.4, 0.5) is 18.0 Å². The van der Waals surface area contributed by atoms with Crippen LogP contribution < -0.4 is 5.32 Å². The van der Waals surface area contributed by atoms with Gasteiger partial charge in [0.25, 0.3) is 5.92 Å². The van der Waals surface area contributed by atoms with Crippen molar-refractivity contribution in [1.29, 1.82) is 0 Å². The van der Waals surface area contributed by atoms with Gasteiger partial charge >= 0.3 is 6.03 Å². The van der Waals surface area contributed by atoms with Crippen LogP contribution in [-0.4, -0.2) is 54.4 Å². The quantitative estimate of drug-likeness (QED) is 0.644. The molecule has 0 bridgehead atoms. The highest BCUT2D eigenvalue weighted by atomic mass is 35.5. The van der Waals surface area contributed by atoms with Gasteiger partial charge in [0.2, 0.25) is 0 Å². The SMILES string of the molecule is COC[C@@H](NC(=O)N1Cc2nc(CC3CCOCC3)ncc2C(F)(F)C1)c1ccc(Cl)c(F)c1. The number of ether oxygens (including phenoxy) is 2. The van der Waals surface area contributed by atoms with E-state index in [9.17, 15) is 18.0 Å². The highest BCUT2D eigenvalue weighted by Crippen LogP contribution is 2.36. The minimum absolute atomic E-state index is 0.0189. The van der Waals surface area contributed by atoms with Gasteiger partial charge in [-0.25, -0.2) is 19.2 Å². The summed E-state index contributed by atoms with van der Waals surface area (Å²) in [5.41, 5.74) is 0.270. The van der Waals surface area contributed by atoms with Gasteiger partial charge in [0.1, 0.15) is 11.6 Å². The number of aromatic nitrogens is 2. The van der Waals surface area contributed by atoms with Crippen LogP contribution in [0.1, 0.15) is 41.5 Å². The van der Waals surface area contributed by atoms with E-state index < -0.39 is 30.4 Å². The number of carbonyl (C=O) groups excluding carboxylic acids is 1. The minimum atomic E-state index is -3.30. The molecule has 0 spiro atoms. The van der Waals surface area contributed by atoms with Gasteiger partial charge in [0.05, 0.1) is 42.0 Å². The summed E-state index contributed by atoms with van der Waals surface area (Å²) in [6, 6.07) is 2.61. The van der Waals surface area contributed by atoms with Crippen molar-refractivity contribution in [2.45, 2.75) is 37.8 Å². The number of nitrogens with zero attached hydrogens (tertiary/aromatic N) is 3. The third-order valence-electron chi connectivity index (χ3n) is 6.12. The van der Waals surface area contributed by atoms with Crippen molar-refractivity contribution in [3.63, 3.8) is 0 Å². The summed E-state index contributed by atoms with van der Waals surface area (Å²) >= 11 is 5.74. The lowest BCUT2D eigenvalue weighted by Gasteiger charge is -2.34. The number of methoxy groups -OCH3 is 1. The maximum Gasteiger partial charge on any atom is 0.318 e. The molecule has 2 amide bonds. The third-order valence-corrected chi connectivity index (χ3v) is 6.42. The summed E-state index contributed by atoms with van der Waals surface area (Å²) in [6.45, 7) is 0.451. The molecule has 3 heterocycles. The van der Waals surface area contributed by atoms with Crippen molar-refractivity contribution in [3.8, 4) is 0 Å². The van der Waals surface area contributed by atoms with Gasteiger partial charge in [0.15, 0.2) is 0 Å². The number of hydrogen-bond donors (Lipinski definition) is 1. The Balaban J connectivity index is 1.50. The highest BCUT2D eigenvalue weighted by Gasteiger charge is 2.43. The fraction of sp³-hybridized carbons (Fsp3) is 0.522. The first-order valence-electron chi connectivity index (χ1n) is 11.1. The number of fused-ring (bicyclic) bond motifs is 1. The molecule has 11 heteroatoms. The maximum absolute atomic E-state index is 14.9. The lowest BCUT2D eigenvalue weighted by molar-refractivity contribution is -0.0429. The predicted molar refractivity (Wildman–Crippen MR) is 118 cm³/mol. The van der Waals surface area contributed by atoms with Gasteiger partial charge in [-0.1, -0.05) is 17.7 Å². The van der Waals surface area contributed by atoms with E-state index in [4.69, 9.17) is 21.1 Å². The molecule has 184 valence electrons. The molecule has 2 aromatic rings. The molecule has 1 atom stereocenters. The smallest absolute Gasteiger partial charge is 0.318 e. The van der Waals surface area contributed by atoms with Crippen LogP contribution in [0.25, 0.3) is 0 Å². The average molecular weight is 499 g/mol. The normalized spacial score (nSPS) is 18.9. The number of alkyl halides is 2. The van der Waals surface area contributed by atoms with Gasteiger partial charge < -0.3 is 19.7 Å². The minimum Gasteiger partial charge on any atom is -0.382 e. The Bertz CT molecular complexity index is 1040. The Morgan fingerprint density at radius 3 is 2.85 bits per heavy atom. The van der Waals surface area contributed by atoms with Gasteiger partial charge in [-0.05, 0) is 36.5 Å². The summed E-state index contributed by atoms with van der Waals surface area (Å²) < 4.78 is 54.2. The molecule has 1 N–H and O–H groups in total. The Labute approximate surface area is 200 Å². The summed E-state index contributed by atoms with van der Waals surface area (Å²) in [5, 5.41) is 2.60. The first-order valence-corrected chi connectivity index (χ1v) is 11.4. The van der Waals surface area contributed by atoms with E-state index in [1.165, 1.54) is 25.4 Å². The highest BCUT2D eigenvalue weighted by molar-refractivity contribution is 6.30. The number of hydrogen-bond acceptors (Lipinski definition) is 5. The van der Waals surface area contributed by atoms with Crippen molar-refractivity contribution in [3.05, 3.63) is 57.9 Å². The summed E-state index contributed by atoms with van der Waals surface area (Å²) in [7, 11) is 1.42. The first kappa shape index (κ1) is 24.7. The largest absolute Gasteiger partial charge is 0.382 e. The van der Waals surface area contributed by atoms with E-state index in [0.29, 0.717) is 36.9 Å². The predicted octanol–water partition coefficient (Wildman–Crippen LogP) is 4.24. The second kappa shape index (κ2) is 10.5. The number of carbonyl (C=O) groups is 1. The maximum atomic E-state index is 14.9. The van der Waals surface area contributed by atoms with Crippen molar-refractivity contribution in [2.75, 3.05) is 33.5 Å². The Morgan fingerprint density at radius 1 is 1.38 bits per heavy atom. The lowest BCUT2D eigenvalue weighted by atomic mass is 9.96. The summed E-state index contributed by atoms with van der Waals surface area (Å²) in [4.78, 5) is 22.5. The van der Waals surface area contributed by atoms with Crippen LogP contribution in [0, 0.1) is 11.7 Å². The second-order valence-electron chi connectivity index (χ2n) is 8.60. The molecule has 0 saturated carbocycles. The van der Waals surface area contributed by atoms with Crippen molar-refractivity contribution < 1.29 is 27.4 Å². The molecule has 34 heavy (non-hydrogen) atoms. The molecule has 4 rings (SSSR count). The lowest BCUT2D eigenvalue weighted by Crippen LogP contribution is -2.49. The molecule has 1 aromatic heterocycles. The van der Waals surface area contributed by atoms with Gasteiger partial charge in [0, 0.05) is 32.9 Å². The molecule has 0 aliphatic carbocycles. The first-order chi connectivity index (χ1) is 16.3. The standard InChI is InChI=1S/C23H26ClF3N4O3/c1-33-12-20(15-2-3-17(24)18(25)9-15)30-22(32)31-11-19-16(23(26,27)13-31)10-28-21(29-19)8-14-4-6-34-7-5-14/h2-3,9-10,14,20H,4-8,11-13H2,1H3,(H,30,32)/t20-/m1/s1. The summed E-state index contributed by atoms with van der Waals surface area (Å²) in [6.07, 6.45) is 3.50. The van der Waals surface area contributed by atoms with Crippen LogP contribution in [-0.2, 0) is 28.4 Å². The molecule has 1 aromatic carbocycles. The van der Waals surface area contributed by atoms with Gasteiger partial charge in [-0.2, -0.15) is 8.78 Å². The summed E-state index contributed by atoms with van der Waals surface area (Å²) in [5.74, 6) is -3.13. The number of nitrogens with one attached hydrogen (secondary N) is 1. The van der Waals surface area contributed by atoms with E-state index in [-0.39, 0.29) is 29.4 Å². The number of urea groups is 1. The second-order valence-corrected chi connectivity index (χ2v) is 9.01. The van der Waals surface area contributed by atoms with E-state index in [2.05, 4.69) is 15.3 Å². The molecule has 2 aliphatic heterocycles. The molecule has 7 nitrogen and oxygen atoms in total. The van der Waals surface area contributed by atoms with Crippen molar-refractivity contribution in [1.82, 2.24) is 20.2 Å². The van der Waals surface area contributed by atoms with Gasteiger partial charge in [-0.3, -0.25) is 0 Å². The van der Waals surface area contributed by atoms with E-state index >= 15 is 0 Å². The van der Waals surface area contributed by atoms with Crippen LogP contribution >= 0.6 is 11.6 Å². The molecule has 1 fully saturated rings. The van der Waals surface area contributed by atoms with E-state index in [1.807, 2.05) is 0 Å². The fourth-order valence-electron chi connectivity index (χ4n) is 4.25. The molecule has 0 radical (unpaired) electrons. The number of rotatable bonds is 6. The molecule has 2 aliphatic rings. The zero-order valence-electron chi connectivity index (χ0n) is 18.7. The zero-order chi connectivity index (χ0) is 24.3. The zero-order valence-corrected chi connectivity index (χ0v) is 19.5. The van der Waals surface area contributed by atoms with E-state index in [0.717, 1.165) is 17.7 Å². The number of halogens is 4. The van der Waals surface area contributed by atoms with Crippen LogP contribution in [0.3, 0.4) is 0 Å². The fourth-order valence-corrected chi connectivity index (χ4v) is 4.37. The van der Waals surface area contributed by atoms with Crippen LogP contribution in [0.5, 0.6) is 0 Å². The average Bonchev–Trinajstić information content (AvgIpc) is 2.80. The van der Waals surface area contributed by atoms with E-state index in [1.54, 1.807) is 6.07 Å². The number of benzene rings is 1. The molecule has 0 unspecified atom stereocenters. The molecular weight excluding hydrogens is 473 g/mol. The molecule has 1 saturated heterocycles. The monoisotopic (exact) mass is 498 g/mol. The van der Waals surface area contributed by atoms with Gasteiger partial charge in [-0.15, -0.1) is 0 Å². The Morgan fingerprint density at radius 2 is 2.15 bits per heavy atom. The Kier molecular flexibility index (Phi) is 7.59. The number of amides is 2. The van der Waals surface area contributed by atoms with Crippen LogP contribution in [0.15, 0.2) is 24.4 Å².